The number of rotatable bonds is 4. The summed E-state index contributed by atoms with van der Waals surface area (Å²) in [6, 6.07) is 0. The van der Waals surface area contributed by atoms with Crippen molar-refractivity contribution in [2.45, 2.75) is 52.3 Å². The van der Waals surface area contributed by atoms with Gasteiger partial charge < -0.3 is 10.1 Å². The Bertz CT molecular complexity index is 602. The summed E-state index contributed by atoms with van der Waals surface area (Å²) in [6.45, 7) is 3.78. The van der Waals surface area contributed by atoms with Crippen LogP contribution in [0.4, 0.5) is 13.2 Å². The van der Waals surface area contributed by atoms with Crippen molar-refractivity contribution >= 4 is 5.91 Å². The molecular formula is C17H23F3N2O2. The molecule has 0 saturated heterocycles. The minimum absolute atomic E-state index is 0.0250. The maximum absolute atomic E-state index is 13.1. The van der Waals surface area contributed by atoms with Gasteiger partial charge in [-0.1, -0.05) is 12.8 Å². The second kappa shape index (κ2) is 7.40. The number of aromatic nitrogens is 1. The highest BCUT2D eigenvalue weighted by Gasteiger charge is 2.47. The summed E-state index contributed by atoms with van der Waals surface area (Å²) in [5, 5.41) is 2.63. The Balaban J connectivity index is 2.07. The average molecular weight is 344 g/mol. The number of pyridine rings is 1. The molecule has 0 unspecified atom stereocenters. The zero-order chi connectivity index (χ0) is 17.9. The quantitative estimate of drug-likeness (QED) is 0.906. The van der Waals surface area contributed by atoms with Gasteiger partial charge in [0.15, 0.2) is 0 Å². The van der Waals surface area contributed by atoms with Crippen LogP contribution < -0.4 is 10.1 Å². The van der Waals surface area contributed by atoms with Gasteiger partial charge in [-0.3, -0.25) is 9.78 Å². The Hall–Kier alpha value is -1.79. The van der Waals surface area contributed by atoms with Gasteiger partial charge in [0.1, 0.15) is 5.75 Å². The van der Waals surface area contributed by atoms with E-state index in [0.29, 0.717) is 24.3 Å². The van der Waals surface area contributed by atoms with Crippen molar-refractivity contribution in [1.82, 2.24) is 10.3 Å². The van der Waals surface area contributed by atoms with E-state index in [1.165, 1.54) is 0 Å². The van der Waals surface area contributed by atoms with Crippen LogP contribution >= 0.6 is 0 Å². The maximum atomic E-state index is 13.1. The van der Waals surface area contributed by atoms with Crippen molar-refractivity contribution in [3.63, 3.8) is 0 Å². The fourth-order valence-corrected chi connectivity index (χ4v) is 3.39. The molecule has 1 N–H and O–H groups in total. The standard InChI is InChI=1S/C17H23F3N2O2/c1-10-8-21-14(11(2)15(10)24-3)9-22-16(23)12-6-4-5-7-13(12)17(18,19)20/h8,12-13H,4-7,9H2,1-3H3,(H,22,23)/t12-,13-/m0/s1. The molecular weight excluding hydrogens is 321 g/mol. The minimum atomic E-state index is -4.33. The monoisotopic (exact) mass is 344 g/mol. The van der Waals surface area contributed by atoms with E-state index in [4.69, 9.17) is 4.74 Å². The first-order valence-corrected chi connectivity index (χ1v) is 8.09. The fourth-order valence-electron chi connectivity index (χ4n) is 3.39. The van der Waals surface area contributed by atoms with E-state index in [0.717, 1.165) is 11.1 Å². The van der Waals surface area contributed by atoms with Gasteiger partial charge in [0.25, 0.3) is 0 Å². The number of nitrogens with one attached hydrogen (secondary N) is 1. The molecule has 0 bridgehead atoms. The van der Waals surface area contributed by atoms with Crippen LogP contribution in [0, 0.1) is 25.7 Å². The number of hydrogen-bond donors (Lipinski definition) is 1. The van der Waals surface area contributed by atoms with Crippen LogP contribution in [0.25, 0.3) is 0 Å². The first-order chi connectivity index (χ1) is 11.3. The molecule has 0 aromatic carbocycles. The third kappa shape index (κ3) is 3.99. The molecule has 1 aliphatic carbocycles. The Kier molecular flexibility index (Phi) is 5.72. The van der Waals surface area contributed by atoms with Crippen molar-refractivity contribution < 1.29 is 22.7 Å². The molecule has 1 saturated carbocycles. The number of methoxy groups -OCH3 is 1. The van der Waals surface area contributed by atoms with Crippen LogP contribution in [0.2, 0.25) is 0 Å². The Morgan fingerprint density at radius 1 is 1.33 bits per heavy atom. The maximum Gasteiger partial charge on any atom is 0.392 e. The van der Waals surface area contributed by atoms with E-state index in [1.807, 2.05) is 13.8 Å². The zero-order valence-electron chi connectivity index (χ0n) is 14.2. The van der Waals surface area contributed by atoms with Crippen molar-refractivity contribution in [1.29, 1.82) is 0 Å². The molecule has 1 aromatic heterocycles. The molecule has 2 rings (SSSR count). The molecule has 0 radical (unpaired) electrons. The zero-order valence-corrected chi connectivity index (χ0v) is 14.2. The van der Waals surface area contributed by atoms with Crippen molar-refractivity contribution in [2.24, 2.45) is 11.8 Å². The largest absolute Gasteiger partial charge is 0.496 e. The third-order valence-corrected chi connectivity index (χ3v) is 4.70. The van der Waals surface area contributed by atoms with Gasteiger partial charge in [-0.25, -0.2) is 0 Å². The molecule has 1 heterocycles. The molecule has 1 aliphatic rings. The van der Waals surface area contributed by atoms with E-state index in [-0.39, 0.29) is 19.4 Å². The van der Waals surface area contributed by atoms with Crippen LogP contribution in [0.5, 0.6) is 5.75 Å². The van der Waals surface area contributed by atoms with E-state index in [1.54, 1.807) is 13.3 Å². The molecule has 2 atom stereocenters. The van der Waals surface area contributed by atoms with Crippen LogP contribution in [0.1, 0.15) is 42.5 Å². The van der Waals surface area contributed by atoms with E-state index < -0.39 is 23.9 Å². The number of hydrogen-bond acceptors (Lipinski definition) is 3. The van der Waals surface area contributed by atoms with Crippen LogP contribution in [0.15, 0.2) is 6.20 Å². The smallest absolute Gasteiger partial charge is 0.392 e. The van der Waals surface area contributed by atoms with Gasteiger partial charge in [0.2, 0.25) is 5.91 Å². The first-order valence-electron chi connectivity index (χ1n) is 8.09. The van der Waals surface area contributed by atoms with Crippen molar-refractivity contribution in [3.05, 3.63) is 23.0 Å². The summed E-state index contributed by atoms with van der Waals surface area (Å²) in [7, 11) is 1.55. The summed E-state index contributed by atoms with van der Waals surface area (Å²) < 4.78 is 44.6. The topological polar surface area (TPSA) is 51.2 Å². The summed E-state index contributed by atoms with van der Waals surface area (Å²) in [5.74, 6) is -2.42. The number of alkyl halides is 3. The fraction of sp³-hybridized carbons (Fsp3) is 0.647. The summed E-state index contributed by atoms with van der Waals surface area (Å²) in [4.78, 5) is 16.5. The number of ether oxygens (including phenoxy) is 1. The van der Waals surface area contributed by atoms with Gasteiger partial charge in [0, 0.05) is 23.2 Å². The van der Waals surface area contributed by atoms with E-state index in [9.17, 15) is 18.0 Å². The average Bonchev–Trinajstić information content (AvgIpc) is 2.53. The molecule has 7 heteroatoms. The van der Waals surface area contributed by atoms with Crippen LogP contribution in [-0.2, 0) is 11.3 Å². The highest BCUT2D eigenvalue weighted by molar-refractivity contribution is 5.79. The normalized spacial score (nSPS) is 21.4. The summed E-state index contributed by atoms with van der Waals surface area (Å²) >= 11 is 0. The van der Waals surface area contributed by atoms with E-state index in [2.05, 4.69) is 10.3 Å². The van der Waals surface area contributed by atoms with Gasteiger partial charge in [0.05, 0.1) is 25.3 Å². The van der Waals surface area contributed by atoms with Crippen molar-refractivity contribution in [2.75, 3.05) is 7.11 Å². The highest BCUT2D eigenvalue weighted by atomic mass is 19.4. The molecule has 1 aromatic rings. The van der Waals surface area contributed by atoms with Crippen molar-refractivity contribution in [3.8, 4) is 5.75 Å². The van der Waals surface area contributed by atoms with Gasteiger partial charge in [-0.05, 0) is 26.7 Å². The van der Waals surface area contributed by atoms with Gasteiger partial charge >= 0.3 is 6.18 Å². The number of nitrogens with zero attached hydrogens (tertiary/aromatic N) is 1. The molecule has 24 heavy (non-hydrogen) atoms. The number of carbonyl (C=O) groups excluding carboxylic acids is 1. The number of halogens is 3. The SMILES string of the molecule is COc1c(C)cnc(CNC(=O)[C@H]2CCCC[C@@H]2C(F)(F)F)c1C. The lowest BCUT2D eigenvalue weighted by molar-refractivity contribution is -0.198. The van der Waals surface area contributed by atoms with E-state index >= 15 is 0 Å². The number of amides is 1. The lowest BCUT2D eigenvalue weighted by atomic mass is 9.78. The Morgan fingerprint density at radius 3 is 2.62 bits per heavy atom. The number of aryl methyl sites for hydroxylation is 1. The third-order valence-electron chi connectivity index (χ3n) is 4.70. The molecule has 1 amide bonds. The van der Waals surface area contributed by atoms with Crippen LogP contribution in [0.3, 0.4) is 0 Å². The predicted molar refractivity (Wildman–Crippen MR) is 83.6 cm³/mol. The Morgan fingerprint density at radius 2 is 2.00 bits per heavy atom. The first kappa shape index (κ1) is 18.5. The lowest BCUT2D eigenvalue weighted by Crippen LogP contribution is -2.42. The summed E-state index contributed by atoms with van der Waals surface area (Å²) in [5.41, 5.74) is 2.26. The molecule has 1 fully saturated rings. The second-order valence-corrected chi connectivity index (χ2v) is 6.30. The molecule has 4 nitrogen and oxygen atoms in total. The molecule has 0 aliphatic heterocycles. The lowest BCUT2D eigenvalue weighted by Gasteiger charge is -2.32. The van der Waals surface area contributed by atoms with Gasteiger partial charge in [-0.2, -0.15) is 13.2 Å². The Labute approximate surface area is 139 Å². The molecule has 134 valence electrons. The number of carbonyl (C=O) groups is 1. The predicted octanol–water partition coefficient (Wildman–Crippen LogP) is 3.69. The highest BCUT2D eigenvalue weighted by Crippen LogP contribution is 2.41. The van der Waals surface area contributed by atoms with Gasteiger partial charge in [-0.15, -0.1) is 0 Å². The molecule has 0 spiro atoms. The second-order valence-electron chi connectivity index (χ2n) is 6.30. The van der Waals surface area contributed by atoms with Crippen LogP contribution in [-0.4, -0.2) is 24.2 Å². The minimum Gasteiger partial charge on any atom is -0.496 e. The summed E-state index contributed by atoms with van der Waals surface area (Å²) in [6.07, 6.45) is -1.23.